The molecule has 2 aliphatic heterocycles. The average molecular weight is 972 g/mol. The SMILES string of the molecule is c1ccc(-c2ccc(-c3ccc(N(c4cccc5c4-c4ccccc4C54c5ccccc5Oc5ccccc54)c4cc5c(c6ccccc46)-c4ccccc4C54c5ccccc5Sc5ccccc54)cc3)cc2)cc1. The van der Waals surface area contributed by atoms with Gasteiger partial charge in [0.1, 0.15) is 11.5 Å². The highest BCUT2D eigenvalue weighted by atomic mass is 32.2. The molecule has 75 heavy (non-hydrogen) atoms. The Labute approximate surface area is 440 Å². The fourth-order valence-corrected chi connectivity index (χ4v) is 14.8. The average Bonchev–Trinajstić information content (AvgIpc) is 4.18. The van der Waals surface area contributed by atoms with Gasteiger partial charge in [0.05, 0.1) is 22.2 Å². The van der Waals surface area contributed by atoms with Gasteiger partial charge in [-0.1, -0.05) is 236 Å². The number of nitrogens with zero attached hydrogens (tertiary/aromatic N) is 1. The summed E-state index contributed by atoms with van der Waals surface area (Å²) in [7, 11) is 0. The van der Waals surface area contributed by atoms with Crippen molar-refractivity contribution in [3.8, 4) is 56.0 Å². The van der Waals surface area contributed by atoms with E-state index in [0.29, 0.717) is 0 Å². The molecule has 0 amide bonds. The van der Waals surface area contributed by atoms with Gasteiger partial charge in [0.2, 0.25) is 0 Å². The zero-order chi connectivity index (χ0) is 49.2. The second-order valence-corrected chi connectivity index (χ2v) is 21.3. The minimum absolute atomic E-state index is 0.574. The molecule has 0 fully saturated rings. The Morgan fingerprint density at radius 3 is 1.35 bits per heavy atom. The van der Waals surface area contributed by atoms with Crippen molar-refractivity contribution < 1.29 is 4.74 Å². The summed E-state index contributed by atoms with van der Waals surface area (Å²) in [6, 6.07) is 101. The van der Waals surface area contributed by atoms with Crippen LogP contribution in [0.2, 0.25) is 0 Å². The summed E-state index contributed by atoms with van der Waals surface area (Å²) in [6.45, 7) is 0. The van der Waals surface area contributed by atoms with Crippen LogP contribution >= 0.6 is 11.8 Å². The lowest BCUT2D eigenvalue weighted by molar-refractivity contribution is 0.436. The van der Waals surface area contributed by atoms with E-state index < -0.39 is 10.8 Å². The lowest BCUT2D eigenvalue weighted by Gasteiger charge is -2.40. The summed E-state index contributed by atoms with van der Waals surface area (Å²) >= 11 is 1.89. The van der Waals surface area contributed by atoms with E-state index in [1.165, 1.54) is 92.9 Å². The van der Waals surface area contributed by atoms with Crippen LogP contribution in [0.25, 0.3) is 55.3 Å². The van der Waals surface area contributed by atoms with E-state index in [9.17, 15) is 0 Å². The number of hydrogen-bond donors (Lipinski definition) is 0. The standard InChI is InChI=1S/C72H45NOS/c1-2-19-46(20-3-1)47-37-39-48(40-38-47)49-41-43-50(44-42-49)73(63-32-18-31-61-70(63)54-24-7-9-26-56(54)71(61)57-27-10-14-33-65(57)74-66-34-15-11-28-58(66)71)64-45-62-69(52-22-5-4-21-51(52)64)53-23-6-8-25-55(53)72(62)59-29-12-16-35-67(59)75-68-36-17-13-30-60(68)72/h1-45H. The summed E-state index contributed by atoms with van der Waals surface area (Å²) in [5, 5.41) is 2.43. The largest absolute Gasteiger partial charge is 0.457 e. The molecule has 12 aromatic rings. The van der Waals surface area contributed by atoms with Crippen molar-refractivity contribution in [1.29, 1.82) is 0 Å². The molecule has 0 saturated heterocycles. The Morgan fingerprint density at radius 2 is 0.733 bits per heavy atom. The third kappa shape index (κ3) is 5.82. The zero-order valence-corrected chi connectivity index (χ0v) is 41.6. The van der Waals surface area contributed by atoms with Crippen LogP contribution in [0.3, 0.4) is 0 Å². The fraction of sp³-hybridized carbons (Fsp3) is 0.0278. The molecule has 16 rings (SSSR count). The lowest BCUT2D eigenvalue weighted by Crippen LogP contribution is -2.32. The van der Waals surface area contributed by atoms with Crippen LogP contribution in [0.1, 0.15) is 44.5 Å². The molecular weight excluding hydrogens is 927 g/mol. The highest BCUT2D eigenvalue weighted by Crippen LogP contribution is 2.67. The summed E-state index contributed by atoms with van der Waals surface area (Å²) in [6.07, 6.45) is 0. The summed E-state index contributed by atoms with van der Waals surface area (Å²) in [4.78, 5) is 5.16. The van der Waals surface area contributed by atoms with Gasteiger partial charge in [-0.05, 0) is 126 Å². The van der Waals surface area contributed by atoms with Gasteiger partial charge in [-0.25, -0.2) is 0 Å². The van der Waals surface area contributed by atoms with E-state index in [1.807, 2.05) is 11.8 Å². The van der Waals surface area contributed by atoms with Gasteiger partial charge in [-0.15, -0.1) is 0 Å². The first-order valence-corrected chi connectivity index (χ1v) is 26.7. The van der Waals surface area contributed by atoms with Crippen LogP contribution in [0.15, 0.2) is 283 Å². The van der Waals surface area contributed by atoms with Crippen LogP contribution in [0, 0.1) is 0 Å². The molecule has 0 saturated carbocycles. The third-order valence-corrected chi connectivity index (χ3v) is 17.8. The second-order valence-electron chi connectivity index (χ2n) is 20.2. The van der Waals surface area contributed by atoms with Crippen LogP contribution in [0.5, 0.6) is 11.5 Å². The van der Waals surface area contributed by atoms with E-state index in [1.54, 1.807) is 0 Å². The maximum atomic E-state index is 6.80. The molecule has 350 valence electrons. The highest BCUT2D eigenvalue weighted by Gasteiger charge is 2.53. The Balaban J connectivity index is 0.996. The summed E-state index contributed by atoms with van der Waals surface area (Å²) in [5.41, 5.74) is 22.0. The van der Waals surface area contributed by atoms with Crippen molar-refractivity contribution in [3.63, 3.8) is 0 Å². The first kappa shape index (κ1) is 42.4. The minimum atomic E-state index is -0.631. The molecule has 2 spiro atoms. The summed E-state index contributed by atoms with van der Waals surface area (Å²) in [5.74, 6) is 1.77. The van der Waals surface area contributed by atoms with Crippen molar-refractivity contribution >= 4 is 39.6 Å². The van der Waals surface area contributed by atoms with Crippen molar-refractivity contribution in [2.75, 3.05) is 4.90 Å². The molecule has 12 aromatic carbocycles. The van der Waals surface area contributed by atoms with E-state index in [0.717, 1.165) is 45.3 Å². The first-order valence-electron chi connectivity index (χ1n) is 25.9. The van der Waals surface area contributed by atoms with Crippen LogP contribution in [-0.2, 0) is 10.8 Å². The molecule has 0 unspecified atom stereocenters. The van der Waals surface area contributed by atoms with Crippen LogP contribution < -0.4 is 9.64 Å². The molecule has 0 atom stereocenters. The molecule has 4 aliphatic rings. The maximum absolute atomic E-state index is 6.80. The molecule has 0 bridgehead atoms. The van der Waals surface area contributed by atoms with Crippen LogP contribution in [-0.4, -0.2) is 0 Å². The van der Waals surface area contributed by atoms with Gasteiger partial charge >= 0.3 is 0 Å². The molecule has 0 N–H and O–H groups in total. The zero-order valence-electron chi connectivity index (χ0n) is 40.7. The van der Waals surface area contributed by atoms with Gasteiger partial charge in [0, 0.05) is 37.6 Å². The minimum Gasteiger partial charge on any atom is -0.457 e. The molecule has 3 heteroatoms. The van der Waals surface area contributed by atoms with Gasteiger partial charge in [-0.3, -0.25) is 0 Å². The van der Waals surface area contributed by atoms with E-state index >= 15 is 0 Å². The Kier molecular flexibility index (Phi) is 9.14. The highest BCUT2D eigenvalue weighted by molar-refractivity contribution is 7.99. The monoisotopic (exact) mass is 971 g/mol. The third-order valence-electron chi connectivity index (χ3n) is 16.6. The molecule has 2 heterocycles. The fourth-order valence-electron chi connectivity index (χ4n) is 13.6. The van der Waals surface area contributed by atoms with Gasteiger partial charge in [-0.2, -0.15) is 0 Å². The number of anilines is 3. The molecule has 2 aliphatic carbocycles. The normalized spacial score (nSPS) is 14.1. The van der Waals surface area contributed by atoms with E-state index in [-0.39, 0.29) is 0 Å². The predicted molar refractivity (Wildman–Crippen MR) is 308 cm³/mol. The molecule has 0 radical (unpaired) electrons. The number of ether oxygens (including phenoxy) is 1. The quantitative estimate of drug-likeness (QED) is 0.171. The summed E-state index contributed by atoms with van der Waals surface area (Å²) < 4.78 is 6.80. The van der Waals surface area contributed by atoms with Gasteiger partial charge in [0.15, 0.2) is 0 Å². The number of fused-ring (bicyclic) bond motifs is 20. The van der Waals surface area contributed by atoms with Crippen molar-refractivity contribution in [3.05, 3.63) is 317 Å². The lowest BCUT2D eigenvalue weighted by atomic mass is 9.66. The molecular formula is C72H45NOS. The predicted octanol–water partition coefficient (Wildman–Crippen LogP) is 18.9. The van der Waals surface area contributed by atoms with Crippen molar-refractivity contribution in [2.24, 2.45) is 0 Å². The Bertz CT molecular complexity index is 4220. The second kappa shape index (κ2) is 16.2. The van der Waals surface area contributed by atoms with Gasteiger partial charge in [0.25, 0.3) is 0 Å². The number of rotatable bonds is 5. The van der Waals surface area contributed by atoms with Crippen LogP contribution in [0.4, 0.5) is 17.1 Å². The van der Waals surface area contributed by atoms with Gasteiger partial charge < -0.3 is 9.64 Å². The Morgan fingerprint density at radius 1 is 0.293 bits per heavy atom. The van der Waals surface area contributed by atoms with E-state index in [2.05, 4.69) is 278 Å². The maximum Gasteiger partial charge on any atom is 0.132 e. The van der Waals surface area contributed by atoms with Crippen molar-refractivity contribution in [1.82, 2.24) is 0 Å². The molecule has 2 nitrogen and oxygen atoms in total. The topological polar surface area (TPSA) is 12.5 Å². The number of para-hydroxylation sites is 2. The van der Waals surface area contributed by atoms with E-state index in [4.69, 9.17) is 4.74 Å². The number of hydrogen-bond acceptors (Lipinski definition) is 3. The molecule has 0 aromatic heterocycles. The van der Waals surface area contributed by atoms with Crippen molar-refractivity contribution in [2.45, 2.75) is 20.6 Å². The smallest absolute Gasteiger partial charge is 0.132 e. The first-order chi connectivity index (χ1) is 37.2. The Hall–Kier alpha value is -9.15. The number of benzene rings is 12.